The molecule has 9 aromatic heterocycles. The second-order valence-electron chi connectivity index (χ2n) is 36.4. The summed E-state index contributed by atoms with van der Waals surface area (Å²) in [6, 6.07) is 139. The Morgan fingerprint density at radius 3 is 0.680 bits per heavy atom. The number of nitrogens with zero attached hydrogens (tertiary/aromatic N) is 15. The third-order valence-electron chi connectivity index (χ3n) is 27.8. The van der Waals surface area contributed by atoms with E-state index in [9.17, 15) is 0 Å². The zero-order chi connectivity index (χ0) is 112. The van der Waals surface area contributed by atoms with E-state index in [0.717, 1.165) is 164 Å². The lowest BCUT2D eigenvalue weighted by Gasteiger charge is -2.14. The Labute approximate surface area is 882 Å². The quantitative estimate of drug-likeness (QED) is 0.0979. The van der Waals surface area contributed by atoms with E-state index >= 15 is 0 Å². The van der Waals surface area contributed by atoms with Gasteiger partial charge in [-0.3, -0.25) is 13.7 Å². The Hall–Kier alpha value is -20.6. The molecule has 0 aliphatic heterocycles. The molecular formula is C135H87N15. The van der Waals surface area contributed by atoms with Gasteiger partial charge in [-0.25, -0.2) is 15.0 Å². The number of hydrogen-bond acceptors (Lipinski definition) is 9. The van der Waals surface area contributed by atoms with E-state index in [1.54, 1.807) is 0 Å². The molecule has 30 rings (SSSR count). The van der Waals surface area contributed by atoms with Gasteiger partial charge in [-0.2, -0.15) is 29.9 Å². The molecular weight excluding hydrogens is 1830 g/mol. The molecule has 0 bridgehead atoms. The van der Waals surface area contributed by atoms with Crippen LogP contribution in [0.1, 0.15) is 20.6 Å². The Morgan fingerprint density at radius 1 is 0.140 bits per heavy atom. The predicted octanol–water partition coefficient (Wildman–Crippen LogP) is 33.2. The molecule has 15 nitrogen and oxygen atoms in total. The summed E-state index contributed by atoms with van der Waals surface area (Å²) in [5.41, 5.74) is 20.3. The normalized spacial score (nSPS) is 13.0. The molecule has 0 aliphatic carbocycles. The van der Waals surface area contributed by atoms with E-state index in [1.807, 2.05) is 361 Å². The Balaban J connectivity index is 0.000000116. The van der Waals surface area contributed by atoms with Crippen LogP contribution in [0.5, 0.6) is 0 Å². The van der Waals surface area contributed by atoms with E-state index in [0.29, 0.717) is 85.9 Å². The summed E-state index contributed by atoms with van der Waals surface area (Å²) < 4.78 is 143. The molecule has 15 heteroatoms. The maximum Gasteiger partial charge on any atom is 0.238 e. The zero-order valence-electron chi connectivity index (χ0n) is 94.8. The average Bonchev–Trinajstić information content (AvgIpc) is 1.54. The number of benzene rings is 21. The van der Waals surface area contributed by atoms with Gasteiger partial charge in [0, 0.05) is 115 Å². The van der Waals surface area contributed by atoms with Gasteiger partial charge in [0.25, 0.3) is 0 Å². The molecule has 0 radical (unpaired) electrons. The van der Waals surface area contributed by atoms with E-state index in [4.69, 9.17) is 65.4 Å². The van der Waals surface area contributed by atoms with Gasteiger partial charge in [0.15, 0.2) is 34.9 Å². The van der Waals surface area contributed by atoms with Gasteiger partial charge in [0.1, 0.15) is 0 Å². The van der Waals surface area contributed by atoms with Gasteiger partial charge < -0.3 is 13.7 Å². The molecule has 0 unspecified atom stereocenters. The summed E-state index contributed by atoms with van der Waals surface area (Å²) in [4.78, 5) is 46.3. The van der Waals surface area contributed by atoms with Crippen LogP contribution in [0.25, 0.3) is 267 Å². The Morgan fingerprint density at radius 2 is 0.353 bits per heavy atom. The first-order valence-electron chi connectivity index (χ1n) is 56.7. The van der Waals surface area contributed by atoms with Crippen LogP contribution in [-0.2, 0) is 0 Å². The summed E-state index contributed by atoms with van der Waals surface area (Å²) in [7, 11) is 0. The molecule has 0 spiro atoms. The molecule has 21 aromatic carbocycles. The van der Waals surface area contributed by atoms with Crippen LogP contribution in [0, 0.1) is 0 Å². The summed E-state index contributed by atoms with van der Waals surface area (Å²) in [6.07, 6.45) is 0. The minimum absolute atomic E-state index is 0.0691. The third kappa shape index (κ3) is 15.1. The first kappa shape index (κ1) is 72.7. The van der Waals surface area contributed by atoms with Crippen molar-refractivity contribution in [1.29, 1.82) is 0 Å². The maximum atomic E-state index is 9.10. The van der Waals surface area contributed by atoms with Gasteiger partial charge in [-0.15, -0.1) is 0 Å². The lowest BCUT2D eigenvalue weighted by atomic mass is 9.99. The van der Waals surface area contributed by atoms with Crippen molar-refractivity contribution in [3.05, 3.63) is 527 Å². The smallest absolute Gasteiger partial charge is 0.238 e. The molecule has 0 amide bonds. The van der Waals surface area contributed by atoms with Crippen molar-refractivity contribution in [1.82, 2.24) is 72.3 Å². The summed E-state index contributed by atoms with van der Waals surface area (Å²) >= 11 is 0. The van der Waals surface area contributed by atoms with Gasteiger partial charge >= 0.3 is 0 Å². The van der Waals surface area contributed by atoms with Gasteiger partial charge in [-0.1, -0.05) is 449 Å². The van der Waals surface area contributed by atoms with Crippen molar-refractivity contribution in [2.45, 2.75) is 0 Å². The molecule has 0 atom stereocenters. The highest BCUT2D eigenvalue weighted by molar-refractivity contribution is 6.27. The van der Waals surface area contributed by atoms with Crippen molar-refractivity contribution >= 4 is 131 Å². The molecule has 0 saturated heterocycles. The van der Waals surface area contributed by atoms with Crippen LogP contribution < -0.4 is 0 Å². The van der Waals surface area contributed by atoms with Crippen LogP contribution in [0.2, 0.25) is 0 Å². The van der Waals surface area contributed by atoms with Gasteiger partial charge in [-0.05, 0) is 112 Å². The standard InChI is InChI=1S/3C45H29N5/c1-4-15-30(16-5-1)32-19-14-20-33(29-32)44-46-43(31-17-6-2-7-18-31)47-45(48-44)50-40-26-13-11-24-36(40)38-28-27-37-35-23-10-12-25-39(35)49(41(37)42(38)50)34-21-8-3-9-22-34;1-4-14-30(15-5-1)31-24-26-33(27-25-31)44-46-43(32-16-6-2-7-17-32)47-45(48-44)50-40-23-13-11-21-36(40)38-29-28-37-35-20-10-12-22-39(35)49(41(37)42(38)50)34-18-8-3-9-19-34;1-4-16-30(17-5-1)33-22-10-11-25-38(33)44-46-43(31-18-6-2-7-19-31)47-45(48-44)50-40-27-15-13-24-35(40)37-29-28-36-34-23-12-14-26-39(34)49(41(36)42(37)50)32-20-8-3-9-21-32/h3*1-29H/i3D,8D,9D,21D,22D;3D,8D,9D,18D,19D;3D,8D,9D,20D,21D. The fourth-order valence-electron chi connectivity index (χ4n) is 21.3. The average molecular weight is 1930 g/mol. The second kappa shape index (κ2) is 37.0. The van der Waals surface area contributed by atoms with E-state index < -0.39 is 54.4 Å². The van der Waals surface area contributed by atoms with E-state index in [1.165, 1.54) is 0 Å². The third-order valence-corrected chi connectivity index (χ3v) is 27.8. The van der Waals surface area contributed by atoms with E-state index in [-0.39, 0.29) is 53.3 Å². The van der Waals surface area contributed by atoms with Crippen molar-refractivity contribution in [3.63, 3.8) is 0 Å². The SMILES string of the molecule is [2H]c1c([2H])c([2H])c(-n2c3ccccc3c3ccc4c5ccccc5n(-c5nc(-c6ccccc6)nc(-c6ccc(-c7ccccc7)cc6)n5)c4c32)c([2H])c1[2H].[2H]c1c([2H])c([2H])c(-n2c3ccccc3c3ccc4c5ccccc5n(-c5nc(-c6ccccc6)nc(-c6cccc(-c7ccccc7)c6)n5)c4c32)c([2H])c1[2H].[2H]c1c([2H])c([2H])c(-n2c3ccccc3c3ccc4c5ccccc5n(-c5nc(-c6ccccc6)nc(-c6ccccc6-c6ccccc6)n5)c4c32)c([2H])c1[2H]. The number of aromatic nitrogens is 15. The number of fused-ring (bicyclic) bond motifs is 21. The molecule has 0 fully saturated rings. The lowest BCUT2D eigenvalue weighted by Crippen LogP contribution is -2.07. The first-order valence-corrected chi connectivity index (χ1v) is 49.2. The van der Waals surface area contributed by atoms with Gasteiger partial charge in [0.2, 0.25) is 17.8 Å². The molecule has 0 N–H and O–H groups in total. The van der Waals surface area contributed by atoms with Crippen molar-refractivity contribution in [3.8, 4) is 137 Å². The monoisotopic (exact) mass is 1930 g/mol. The minimum Gasteiger partial charge on any atom is -0.307 e. The van der Waals surface area contributed by atoms with Crippen molar-refractivity contribution < 1.29 is 20.6 Å². The van der Waals surface area contributed by atoms with E-state index in [2.05, 4.69) is 103 Å². The fraction of sp³-hybridized carbons (Fsp3) is 0. The largest absolute Gasteiger partial charge is 0.307 e. The highest BCUT2D eigenvalue weighted by Gasteiger charge is 2.30. The topological polar surface area (TPSA) is 146 Å². The van der Waals surface area contributed by atoms with Crippen molar-refractivity contribution in [2.24, 2.45) is 0 Å². The number of rotatable bonds is 15. The Bertz CT molecular complexity index is 11400. The number of hydrogen-bond donors (Lipinski definition) is 0. The maximum absolute atomic E-state index is 9.10. The lowest BCUT2D eigenvalue weighted by molar-refractivity contribution is 0.953. The molecule has 30 aromatic rings. The molecule has 150 heavy (non-hydrogen) atoms. The Kier molecular flexibility index (Phi) is 17.9. The van der Waals surface area contributed by atoms with Gasteiger partial charge in [0.05, 0.1) is 86.8 Å². The summed E-state index contributed by atoms with van der Waals surface area (Å²) in [5, 5.41) is 10.7. The predicted molar refractivity (Wildman–Crippen MR) is 614 cm³/mol. The number of para-hydroxylation sites is 9. The van der Waals surface area contributed by atoms with Crippen molar-refractivity contribution in [2.75, 3.05) is 0 Å². The van der Waals surface area contributed by atoms with Crippen LogP contribution in [0.4, 0.5) is 0 Å². The molecule has 0 saturated carbocycles. The summed E-state index contributed by atoms with van der Waals surface area (Å²) in [6.45, 7) is 0. The molecule has 702 valence electrons. The molecule has 9 heterocycles. The second-order valence-corrected chi connectivity index (χ2v) is 36.4. The van der Waals surface area contributed by atoms with Crippen LogP contribution in [0.3, 0.4) is 0 Å². The summed E-state index contributed by atoms with van der Waals surface area (Å²) in [5.74, 6) is 4.10. The fourth-order valence-corrected chi connectivity index (χ4v) is 21.3. The first-order chi connectivity index (χ1) is 80.7. The zero-order valence-corrected chi connectivity index (χ0v) is 79.8. The van der Waals surface area contributed by atoms with Crippen LogP contribution >= 0.6 is 0 Å². The highest BCUT2D eigenvalue weighted by atomic mass is 15.2. The minimum atomic E-state index is -0.444. The molecule has 0 aliphatic rings. The highest BCUT2D eigenvalue weighted by Crippen LogP contribution is 2.48. The van der Waals surface area contributed by atoms with Crippen LogP contribution in [0.15, 0.2) is 527 Å². The van der Waals surface area contributed by atoms with Crippen LogP contribution in [-0.4, -0.2) is 72.3 Å².